The Labute approximate surface area is 112 Å². The number of fused-ring (bicyclic) bond motifs is 1. The summed E-state index contributed by atoms with van der Waals surface area (Å²) in [5, 5.41) is 0. The van der Waals surface area contributed by atoms with Crippen molar-refractivity contribution in [2.45, 2.75) is 25.7 Å². The Balaban J connectivity index is 1.96. The summed E-state index contributed by atoms with van der Waals surface area (Å²) in [7, 11) is 0. The third-order valence-electron chi connectivity index (χ3n) is 4.07. The Bertz CT molecular complexity index is 585. The summed E-state index contributed by atoms with van der Waals surface area (Å²) in [6.45, 7) is 6.62. The Hall–Kier alpha value is -1.39. The molecule has 2 heterocycles. The average Bonchev–Trinajstić information content (AvgIpc) is 2.81. The first-order chi connectivity index (χ1) is 9.05. The van der Waals surface area contributed by atoms with Gasteiger partial charge in [0.05, 0.1) is 13.2 Å². The number of aromatic nitrogens is 1. The van der Waals surface area contributed by atoms with Crippen LogP contribution >= 0.6 is 0 Å². The van der Waals surface area contributed by atoms with Crippen LogP contribution in [0.3, 0.4) is 0 Å². The summed E-state index contributed by atoms with van der Waals surface area (Å²) in [6.07, 6.45) is 2.51. The molecule has 0 radical (unpaired) electrons. The number of ether oxygens (including phenoxy) is 1. The van der Waals surface area contributed by atoms with Gasteiger partial charge in [-0.25, -0.2) is 4.98 Å². The van der Waals surface area contributed by atoms with Crippen molar-refractivity contribution in [1.82, 2.24) is 4.98 Å². The van der Waals surface area contributed by atoms with Gasteiger partial charge in [-0.3, -0.25) is 0 Å². The Morgan fingerprint density at radius 1 is 1.37 bits per heavy atom. The molecule has 4 nitrogen and oxygen atoms in total. The lowest BCUT2D eigenvalue weighted by molar-refractivity contribution is -0.0785. The maximum atomic E-state index is 5.88. The Kier molecular flexibility index (Phi) is 2.87. The second kappa shape index (κ2) is 4.32. The molecule has 0 spiro atoms. The van der Waals surface area contributed by atoms with Crippen molar-refractivity contribution >= 4 is 11.1 Å². The molecule has 1 saturated heterocycles. The third-order valence-corrected chi connectivity index (χ3v) is 4.07. The van der Waals surface area contributed by atoms with Gasteiger partial charge >= 0.3 is 0 Å². The molecule has 0 amide bonds. The molecular formula is C15H20N2O2. The molecule has 1 aliphatic rings. The van der Waals surface area contributed by atoms with Gasteiger partial charge in [0, 0.05) is 5.41 Å². The minimum Gasteiger partial charge on any atom is -0.443 e. The Morgan fingerprint density at radius 2 is 2.16 bits per heavy atom. The molecule has 4 heteroatoms. The van der Waals surface area contributed by atoms with E-state index in [1.54, 1.807) is 0 Å². The predicted molar refractivity (Wildman–Crippen MR) is 74.0 cm³/mol. The molecular weight excluding hydrogens is 240 g/mol. The Morgan fingerprint density at radius 3 is 2.79 bits per heavy atom. The maximum Gasteiger partial charge on any atom is 0.181 e. The van der Waals surface area contributed by atoms with Gasteiger partial charge in [-0.2, -0.15) is 0 Å². The van der Waals surface area contributed by atoms with Gasteiger partial charge in [-0.15, -0.1) is 0 Å². The van der Waals surface area contributed by atoms with Crippen molar-refractivity contribution < 1.29 is 9.15 Å². The number of benzene rings is 1. The zero-order valence-electron chi connectivity index (χ0n) is 11.5. The number of nitrogens with two attached hydrogens (primary N) is 1. The van der Waals surface area contributed by atoms with Crippen molar-refractivity contribution in [3.05, 3.63) is 30.2 Å². The van der Waals surface area contributed by atoms with Gasteiger partial charge in [0.2, 0.25) is 0 Å². The quantitative estimate of drug-likeness (QED) is 0.917. The molecule has 1 aromatic heterocycles. The molecule has 2 aromatic rings. The molecule has 0 bridgehead atoms. The first kappa shape index (κ1) is 12.6. The number of oxazole rings is 1. The lowest BCUT2D eigenvalue weighted by Crippen LogP contribution is -2.50. The van der Waals surface area contributed by atoms with Gasteiger partial charge in [-0.05, 0) is 36.1 Å². The van der Waals surface area contributed by atoms with Crippen LogP contribution in [-0.4, -0.2) is 24.7 Å². The van der Waals surface area contributed by atoms with E-state index in [-0.39, 0.29) is 10.8 Å². The molecule has 1 aromatic carbocycles. The van der Waals surface area contributed by atoms with E-state index in [1.165, 1.54) is 12.0 Å². The zero-order chi connectivity index (χ0) is 13.5. The lowest BCUT2D eigenvalue weighted by Gasteiger charge is -2.46. The van der Waals surface area contributed by atoms with Crippen LogP contribution in [0.5, 0.6) is 0 Å². The molecule has 0 aliphatic carbocycles. The molecule has 1 fully saturated rings. The van der Waals surface area contributed by atoms with Crippen LogP contribution in [0.1, 0.15) is 25.8 Å². The second-order valence-electron chi connectivity index (χ2n) is 6.35. The minimum absolute atomic E-state index is 0.0733. The van der Waals surface area contributed by atoms with E-state index >= 15 is 0 Å². The van der Waals surface area contributed by atoms with Crippen LogP contribution in [0.15, 0.2) is 29.0 Å². The first-order valence-electron chi connectivity index (χ1n) is 6.66. The van der Waals surface area contributed by atoms with Gasteiger partial charge in [0.25, 0.3) is 0 Å². The largest absolute Gasteiger partial charge is 0.443 e. The van der Waals surface area contributed by atoms with Crippen molar-refractivity contribution in [2.24, 2.45) is 11.1 Å². The van der Waals surface area contributed by atoms with Crippen molar-refractivity contribution in [3.63, 3.8) is 0 Å². The molecule has 0 unspecified atom stereocenters. The van der Waals surface area contributed by atoms with Gasteiger partial charge < -0.3 is 14.9 Å². The average molecular weight is 260 g/mol. The normalized spacial score (nSPS) is 18.5. The topological polar surface area (TPSA) is 61.3 Å². The zero-order valence-corrected chi connectivity index (χ0v) is 11.5. The van der Waals surface area contributed by atoms with Crippen LogP contribution in [0.4, 0.5) is 0 Å². The van der Waals surface area contributed by atoms with Gasteiger partial charge in [-0.1, -0.05) is 19.9 Å². The highest BCUT2D eigenvalue weighted by Gasteiger charge is 2.44. The number of nitrogens with zero attached hydrogens (tertiary/aromatic N) is 1. The van der Waals surface area contributed by atoms with Crippen LogP contribution in [0.25, 0.3) is 11.1 Å². The smallest absolute Gasteiger partial charge is 0.181 e. The van der Waals surface area contributed by atoms with Crippen LogP contribution in [-0.2, 0) is 10.2 Å². The van der Waals surface area contributed by atoms with E-state index in [2.05, 4.69) is 31.0 Å². The summed E-state index contributed by atoms with van der Waals surface area (Å²) in [6, 6.07) is 6.25. The van der Waals surface area contributed by atoms with Gasteiger partial charge in [0.15, 0.2) is 12.0 Å². The van der Waals surface area contributed by atoms with E-state index in [4.69, 9.17) is 14.9 Å². The summed E-state index contributed by atoms with van der Waals surface area (Å²) in [5.41, 5.74) is 9.07. The van der Waals surface area contributed by atoms with E-state index in [0.29, 0.717) is 6.54 Å². The molecule has 19 heavy (non-hydrogen) atoms. The van der Waals surface area contributed by atoms with E-state index in [1.807, 2.05) is 6.07 Å². The first-order valence-corrected chi connectivity index (χ1v) is 6.66. The summed E-state index contributed by atoms with van der Waals surface area (Å²) >= 11 is 0. The maximum absolute atomic E-state index is 5.88. The summed E-state index contributed by atoms with van der Waals surface area (Å²) in [4.78, 5) is 4.16. The fourth-order valence-corrected chi connectivity index (χ4v) is 2.89. The minimum atomic E-state index is 0.0733. The number of rotatable bonds is 4. The van der Waals surface area contributed by atoms with Crippen molar-refractivity contribution in [1.29, 1.82) is 0 Å². The molecule has 3 rings (SSSR count). The highest BCUT2D eigenvalue weighted by atomic mass is 16.5. The number of hydrogen-bond donors (Lipinski definition) is 1. The van der Waals surface area contributed by atoms with Crippen molar-refractivity contribution in [2.75, 3.05) is 19.8 Å². The highest BCUT2D eigenvalue weighted by molar-refractivity contribution is 5.73. The predicted octanol–water partition coefficient (Wildman–Crippen LogP) is 2.47. The summed E-state index contributed by atoms with van der Waals surface area (Å²) < 4.78 is 10.9. The molecule has 0 saturated carbocycles. The monoisotopic (exact) mass is 260 g/mol. The highest BCUT2D eigenvalue weighted by Crippen LogP contribution is 2.42. The van der Waals surface area contributed by atoms with E-state index in [0.717, 1.165) is 30.7 Å². The second-order valence-corrected chi connectivity index (χ2v) is 6.35. The molecule has 102 valence electrons. The van der Waals surface area contributed by atoms with E-state index in [9.17, 15) is 0 Å². The fourth-order valence-electron chi connectivity index (χ4n) is 2.89. The van der Waals surface area contributed by atoms with Crippen molar-refractivity contribution in [3.8, 4) is 0 Å². The van der Waals surface area contributed by atoms with Gasteiger partial charge in [0.1, 0.15) is 5.52 Å². The fraction of sp³-hybridized carbons (Fsp3) is 0.533. The molecule has 1 aliphatic heterocycles. The van der Waals surface area contributed by atoms with Crippen LogP contribution in [0, 0.1) is 5.41 Å². The standard InChI is InChI=1S/C15H20N2O2/c1-14(2,7-16)6-15(8-18-9-15)11-3-4-12-13(5-11)19-10-17-12/h3-5,10H,6-9,16H2,1-2H3. The third kappa shape index (κ3) is 2.15. The molecule has 0 atom stereocenters. The summed E-state index contributed by atoms with van der Waals surface area (Å²) in [5.74, 6) is 0. The lowest BCUT2D eigenvalue weighted by atomic mass is 9.67. The van der Waals surface area contributed by atoms with Crippen LogP contribution < -0.4 is 5.73 Å². The SMILES string of the molecule is CC(C)(CN)CC1(c2ccc3ncoc3c2)COC1. The van der Waals surface area contributed by atoms with E-state index < -0.39 is 0 Å². The molecule has 2 N–H and O–H groups in total. The van der Waals surface area contributed by atoms with Crippen LogP contribution in [0.2, 0.25) is 0 Å². The number of hydrogen-bond acceptors (Lipinski definition) is 4.